The van der Waals surface area contributed by atoms with E-state index >= 15 is 0 Å². The third kappa shape index (κ3) is 4.76. The van der Waals surface area contributed by atoms with Crippen molar-refractivity contribution in [3.63, 3.8) is 0 Å². The topological polar surface area (TPSA) is 95.9 Å². The van der Waals surface area contributed by atoms with Crippen molar-refractivity contribution in [3.8, 4) is 0 Å². The van der Waals surface area contributed by atoms with Gasteiger partial charge in [-0.25, -0.2) is 9.59 Å². The molecular weight excluding hydrogens is 288 g/mol. The van der Waals surface area contributed by atoms with Crippen LogP contribution in [0.2, 0.25) is 0 Å². The molecule has 1 heterocycles. The van der Waals surface area contributed by atoms with Crippen LogP contribution in [0.5, 0.6) is 0 Å². The second kappa shape index (κ2) is 7.44. The predicted octanol–water partition coefficient (Wildman–Crippen LogP) is 1.62. The van der Waals surface area contributed by atoms with Gasteiger partial charge in [-0.2, -0.15) is 0 Å². The zero-order valence-electron chi connectivity index (χ0n) is 12.0. The third-order valence-corrected chi connectivity index (χ3v) is 3.38. The summed E-state index contributed by atoms with van der Waals surface area (Å²) in [6.07, 6.45) is -1.47. The second-order valence-corrected chi connectivity index (χ2v) is 5.12. The van der Waals surface area contributed by atoms with Gasteiger partial charge in [0.05, 0.1) is 6.04 Å². The number of likely N-dealkylation sites (tertiary alicyclic amines) is 1. The number of hydrogen-bond donors (Lipinski definition) is 2. The number of benzene rings is 1. The normalized spacial score (nSPS) is 18.5. The van der Waals surface area contributed by atoms with Crippen molar-refractivity contribution in [2.45, 2.75) is 25.5 Å². The van der Waals surface area contributed by atoms with Crippen LogP contribution in [-0.4, -0.2) is 47.1 Å². The highest BCUT2D eigenvalue weighted by molar-refractivity contribution is 5.81. The molecule has 0 bridgehead atoms. The molecule has 2 N–H and O–H groups in total. The van der Waals surface area contributed by atoms with Gasteiger partial charge >= 0.3 is 12.2 Å². The highest BCUT2D eigenvalue weighted by Gasteiger charge is 2.26. The zero-order chi connectivity index (χ0) is 15.9. The molecule has 1 aromatic rings. The maximum absolute atomic E-state index is 11.8. The number of nitrogens with zero attached hydrogens (tertiary/aromatic N) is 1. The lowest BCUT2D eigenvalue weighted by Gasteiger charge is -2.21. The summed E-state index contributed by atoms with van der Waals surface area (Å²) >= 11 is 0. The fraction of sp³-hybridized carbons (Fsp3) is 0.400. The largest absolute Gasteiger partial charge is 0.465 e. The lowest BCUT2D eigenvalue weighted by atomic mass is 10.1. The Labute approximate surface area is 127 Å². The third-order valence-electron chi connectivity index (χ3n) is 3.38. The number of carboxylic acid groups (broad SMARTS) is 1. The van der Waals surface area contributed by atoms with E-state index < -0.39 is 18.2 Å². The number of nitrogens with one attached hydrogen (secondary N) is 1. The number of ketones is 1. The van der Waals surface area contributed by atoms with Gasteiger partial charge in [0.1, 0.15) is 12.4 Å². The van der Waals surface area contributed by atoms with Gasteiger partial charge < -0.3 is 20.1 Å². The van der Waals surface area contributed by atoms with E-state index in [1.165, 1.54) is 0 Å². The summed E-state index contributed by atoms with van der Waals surface area (Å²) < 4.78 is 5.08. The van der Waals surface area contributed by atoms with Crippen LogP contribution in [0.4, 0.5) is 9.59 Å². The van der Waals surface area contributed by atoms with Gasteiger partial charge in [-0.15, -0.1) is 0 Å². The van der Waals surface area contributed by atoms with Gasteiger partial charge in [-0.3, -0.25) is 4.79 Å². The Morgan fingerprint density at radius 3 is 2.73 bits per heavy atom. The van der Waals surface area contributed by atoms with Gasteiger partial charge in [0.2, 0.25) is 0 Å². The fourth-order valence-corrected chi connectivity index (χ4v) is 2.26. The number of ether oxygens (including phenoxy) is 1. The molecule has 1 aliphatic heterocycles. The minimum Gasteiger partial charge on any atom is -0.465 e. The first kappa shape index (κ1) is 15.8. The number of Topliss-reactive ketones (excluding diaryl/α,β-unsaturated/α-hetero) is 1. The van der Waals surface area contributed by atoms with E-state index in [0.29, 0.717) is 0 Å². The monoisotopic (exact) mass is 306 g/mol. The lowest BCUT2D eigenvalue weighted by molar-refractivity contribution is -0.119. The van der Waals surface area contributed by atoms with E-state index in [1.54, 1.807) is 0 Å². The average Bonchev–Trinajstić information content (AvgIpc) is 2.68. The Hall–Kier alpha value is -2.57. The average molecular weight is 306 g/mol. The van der Waals surface area contributed by atoms with Crippen molar-refractivity contribution < 1.29 is 24.2 Å². The summed E-state index contributed by atoms with van der Waals surface area (Å²) in [6, 6.07) is 8.63. The molecule has 0 aromatic heterocycles. The van der Waals surface area contributed by atoms with Gasteiger partial charge in [-0.05, 0) is 5.56 Å². The molecule has 0 saturated carbocycles. The summed E-state index contributed by atoms with van der Waals surface area (Å²) in [6.45, 7) is 0.364. The summed E-state index contributed by atoms with van der Waals surface area (Å²) in [5, 5.41) is 11.6. The van der Waals surface area contributed by atoms with Crippen LogP contribution >= 0.6 is 0 Å². The molecule has 1 aromatic carbocycles. The van der Waals surface area contributed by atoms with E-state index in [0.717, 1.165) is 10.5 Å². The number of carbonyl (C=O) groups excluding carboxylic acids is 2. The Balaban J connectivity index is 1.86. The first-order valence-electron chi connectivity index (χ1n) is 7.01. The quantitative estimate of drug-likeness (QED) is 0.884. The Kier molecular flexibility index (Phi) is 5.35. The molecule has 1 fully saturated rings. The standard InChI is InChI=1S/C15H18N2O5/c18-13-6-7-17(15(20)21)9-12(8-13)16-14(19)22-10-11-4-2-1-3-5-11/h1-5,12H,6-10H2,(H,16,19)(H,20,21)/t12-/m0/s1. The molecule has 2 amide bonds. The van der Waals surface area contributed by atoms with Crippen molar-refractivity contribution >= 4 is 18.0 Å². The highest BCUT2D eigenvalue weighted by Crippen LogP contribution is 2.09. The Morgan fingerprint density at radius 1 is 1.32 bits per heavy atom. The van der Waals surface area contributed by atoms with E-state index in [-0.39, 0.29) is 38.3 Å². The number of alkyl carbamates (subject to hydrolysis) is 1. The van der Waals surface area contributed by atoms with Crippen LogP contribution in [-0.2, 0) is 16.1 Å². The number of carbonyl (C=O) groups is 3. The summed E-state index contributed by atoms with van der Waals surface area (Å²) in [7, 11) is 0. The van der Waals surface area contributed by atoms with Crippen LogP contribution in [0.25, 0.3) is 0 Å². The molecule has 0 aliphatic carbocycles. The van der Waals surface area contributed by atoms with E-state index in [4.69, 9.17) is 9.84 Å². The van der Waals surface area contributed by atoms with E-state index in [1.807, 2.05) is 30.3 Å². The second-order valence-electron chi connectivity index (χ2n) is 5.12. The summed E-state index contributed by atoms with van der Waals surface area (Å²) in [4.78, 5) is 35.5. The zero-order valence-corrected chi connectivity index (χ0v) is 12.0. The van der Waals surface area contributed by atoms with Crippen LogP contribution in [0.3, 0.4) is 0 Å². The van der Waals surface area contributed by atoms with Crippen molar-refractivity contribution in [3.05, 3.63) is 35.9 Å². The van der Waals surface area contributed by atoms with Crippen LogP contribution in [0.15, 0.2) is 30.3 Å². The molecular formula is C15H18N2O5. The van der Waals surface area contributed by atoms with E-state index in [2.05, 4.69) is 5.32 Å². The molecule has 0 radical (unpaired) electrons. The number of rotatable bonds is 3. The first-order chi connectivity index (χ1) is 10.5. The van der Waals surface area contributed by atoms with Gasteiger partial charge in [0, 0.05) is 25.9 Å². The summed E-state index contributed by atoms with van der Waals surface area (Å²) in [5.74, 6) is -0.0721. The molecule has 1 saturated heterocycles. The molecule has 22 heavy (non-hydrogen) atoms. The van der Waals surface area contributed by atoms with Crippen LogP contribution in [0, 0.1) is 0 Å². The lowest BCUT2D eigenvalue weighted by Crippen LogP contribution is -2.44. The van der Waals surface area contributed by atoms with E-state index in [9.17, 15) is 14.4 Å². The molecule has 1 atom stereocenters. The Morgan fingerprint density at radius 2 is 2.05 bits per heavy atom. The molecule has 7 nitrogen and oxygen atoms in total. The maximum Gasteiger partial charge on any atom is 0.407 e. The molecule has 118 valence electrons. The predicted molar refractivity (Wildman–Crippen MR) is 77.4 cm³/mol. The van der Waals surface area contributed by atoms with Crippen LogP contribution in [0.1, 0.15) is 18.4 Å². The molecule has 7 heteroatoms. The first-order valence-corrected chi connectivity index (χ1v) is 7.01. The minimum atomic E-state index is -1.10. The molecule has 0 unspecified atom stereocenters. The maximum atomic E-state index is 11.8. The minimum absolute atomic E-state index is 0.0721. The highest BCUT2D eigenvalue weighted by atomic mass is 16.5. The van der Waals surface area contributed by atoms with Crippen molar-refractivity contribution in [1.82, 2.24) is 10.2 Å². The van der Waals surface area contributed by atoms with Crippen molar-refractivity contribution in [2.75, 3.05) is 13.1 Å². The number of hydrogen-bond acceptors (Lipinski definition) is 4. The van der Waals surface area contributed by atoms with Crippen molar-refractivity contribution in [1.29, 1.82) is 0 Å². The smallest absolute Gasteiger partial charge is 0.407 e. The van der Waals surface area contributed by atoms with Crippen LogP contribution < -0.4 is 5.32 Å². The van der Waals surface area contributed by atoms with Gasteiger partial charge in [0.15, 0.2) is 0 Å². The van der Waals surface area contributed by atoms with Gasteiger partial charge in [-0.1, -0.05) is 30.3 Å². The SMILES string of the molecule is O=C1CCN(C(=O)O)C[C@@H](NC(=O)OCc2ccccc2)C1. The van der Waals surface area contributed by atoms with Crippen molar-refractivity contribution in [2.24, 2.45) is 0 Å². The molecule has 1 aliphatic rings. The molecule has 2 rings (SSSR count). The van der Waals surface area contributed by atoms with Gasteiger partial charge in [0.25, 0.3) is 0 Å². The Bertz CT molecular complexity index is 546. The molecule has 0 spiro atoms. The fourth-order valence-electron chi connectivity index (χ4n) is 2.26. The summed E-state index contributed by atoms with van der Waals surface area (Å²) in [5.41, 5.74) is 0.849. The number of amides is 2.